The van der Waals surface area contributed by atoms with Crippen molar-refractivity contribution in [2.24, 2.45) is 0 Å². The maximum Gasteiger partial charge on any atom is 0.280 e. The molecule has 0 aliphatic carbocycles. The van der Waals surface area contributed by atoms with Gasteiger partial charge in [-0.2, -0.15) is 4.98 Å². The van der Waals surface area contributed by atoms with Gasteiger partial charge in [-0.25, -0.2) is 17.7 Å². The lowest BCUT2D eigenvalue weighted by Crippen LogP contribution is -2.67. The second-order valence-electron chi connectivity index (χ2n) is 9.51. The molecule has 0 radical (unpaired) electrons. The summed E-state index contributed by atoms with van der Waals surface area (Å²) in [5.41, 5.74) is 1.95. The third-order valence-electron chi connectivity index (χ3n) is 7.00. The molecule has 9 nitrogen and oxygen atoms in total. The number of rotatable bonds is 5. The molecule has 0 unspecified atom stereocenters. The molecule has 0 saturated carbocycles. The van der Waals surface area contributed by atoms with E-state index in [1.165, 1.54) is 17.8 Å². The Hall–Kier alpha value is -3.51. The van der Waals surface area contributed by atoms with Gasteiger partial charge in [0.1, 0.15) is 5.52 Å². The van der Waals surface area contributed by atoms with Crippen molar-refractivity contribution >= 4 is 22.5 Å². The van der Waals surface area contributed by atoms with E-state index >= 15 is 13.2 Å². The first-order valence-corrected chi connectivity index (χ1v) is 11.6. The van der Waals surface area contributed by atoms with Crippen LogP contribution in [0.4, 0.5) is 19.1 Å². The number of nitrogens with zero attached hydrogens (tertiary/aromatic N) is 6. The third-order valence-corrected chi connectivity index (χ3v) is 7.00. The number of benzene rings is 1. The summed E-state index contributed by atoms with van der Waals surface area (Å²) in [6.45, 7) is 2.92. The van der Waals surface area contributed by atoms with E-state index in [4.69, 9.17) is 9.47 Å². The molecule has 188 valence electrons. The molecule has 1 aromatic carbocycles. The van der Waals surface area contributed by atoms with Crippen LogP contribution in [-0.4, -0.2) is 80.4 Å². The molecule has 4 aromatic rings. The van der Waals surface area contributed by atoms with Gasteiger partial charge in [-0.1, -0.05) is 6.07 Å². The van der Waals surface area contributed by atoms with Gasteiger partial charge in [0.25, 0.3) is 5.92 Å². The van der Waals surface area contributed by atoms with Gasteiger partial charge < -0.3 is 14.8 Å². The van der Waals surface area contributed by atoms with E-state index in [1.54, 1.807) is 35.5 Å². The van der Waals surface area contributed by atoms with E-state index in [0.29, 0.717) is 36.4 Å². The number of aromatic nitrogens is 5. The highest BCUT2D eigenvalue weighted by molar-refractivity contribution is 5.89. The molecule has 0 amide bonds. The Morgan fingerprint density at radius 2 is 1.94 bits per heavy atom. The Bertz CT molecular complexity index is 1460. The number of nitrogens with one attached hydrogen (secondary N) is 1. The minimum atomic E-state index is -3.03. The van der Waals surface area contributed by atoms with Gasteiger partial charge in [0.15, 0.2) is 5.82 Å². The second kappa shape index (κ2) is 8.27. The predicted octanol–water partition coefficient (Wildman–Crippen LogP) is 3.40. The van der Waals surface area contributed by atoms with Crippen molar-refractivity contribution in [1.82, 2.24) is 29.5 Å². The monoisotopic (exact) mass is 499 g/mol. The van der Waals surface area contributed by atoms with Crippen molar-refractivity contribution in [1.29, 1.82) is 0 Å². The highest BCUT2D eigenvalue weighted by atomic mass is 19.3. The van der Waals surface area contributed by atoms with Crippen LogP contribution in [0.1, 0.15) is 13.3 Å². The summed E-state index contributed by atoms with van der Waals surface area (Å²) in [7, 11) is 1.39. The van der Waals surface area contributed by atoms with Crippen LogP contribution in [0.5, 0.6) is 5.88 Å². The third kappa shape index (κ3) is 3.71. The molecule has 0 spiro atoms. The zero-order valence-corrected chi connectivity index (χ0v) is 19.7. The Morgan fingerprint density at radius 1 is 1.17 bits per heavy atom. The molecule has 2 aliphatic rings. The lowest BCUT2D eigenvalue weighted by molar-refractivity contribution is -0.174. The summed E-state index contributed by atoms with van der Waals surface area (Å²) in [5.74, 6) is -3.59. The van der Waals surface area contributed by atoms with Crippen LogP contribution in [0.3, 0.4) is 0 Å². The van der Waals surface area contributed by atoms with Gasteiger partial charge in [0, 0.05) is 18.9 Å². The average Bonchev–Trinajstić information content (AvgIpc) is 3.18. The van der Waals surface area contributed by atoms with E-state index in [1.807, 2.05) is 6.92 Å². The van der Waals surface area contributed by atoms with Gasteiger partial charge >= 0.3 is 0 Å². The van der Waals surface area contributed by atoms with Crippen LogP contribution in [0, 0.1) is 5.82 Å². The fourth-order valence-corrected chi connectivity index (χ4v) is 4.93. The SMILES string of the molecule is COc1nc(N[C@@H]2CCN(C3(C)COC3)CC2(F)F)nn2cc(F)c(-c3ccc4nccnc4c3)c12. The number of ether oxygens (including phenoxy) is 2. The van der Waals surface area contributed by atoms with E-state index < -0.39 is 24.3 Å². The second-order valence-corrected chi connectivity index (χ2v) is 9.51. The summed E-state index contributed by atoms with van der Waals surface area (Å²) in [6, 6.07) is 4.01. The predicted molar refractivity (Wildman–Crippen MR) is 126 cm³/mol. The molecule has 6 rings (SSSR count). The fraction of sp³-hybridized carbons (Fsp3) is 0.417. The maximum atomic E-state index is 15.2. The zero-order chi connectivity index (χ0) is 25.1. The fourth-order valence-electron chi connectivity index (χ4n) is 4.93. The number of methoxy groups -OCH3 is 1. The number of piperidine rings is 1. The first-order valence-electron chi connectivity index (χ1n) is 11.6. The van der Waals surface area contributed by atoms with Gasteiger partial charge in [-0.3, -0.25) is 14.9 Å². The highest BCUT2D eigenvalue weighted by Crippen LogP contribution is 2.37. The molecule has 36 heavy (non-hydrogen) atoms. The molecule has 2 saturated heterocycles. The molecule has 0 bridgehead atoms. The van der Waals surface area contributed by atoms with Crippen LogP contribution in [-0.2, 0) is 4.74 Å². The molecule has 5 heterocycles. The molecule has 1 atom stereocenters. The lowest BCUT2D eigenvalue weighted by Gasteiger charge is -2.51. The topological polar surface area (TPSA) is 89.7 Å². The van der Waals surface area contributed by atoms with E-state index in [0.717, 1.165) is 0 Å². The number of alkyl halides is 2. The zero-order valence-electron chi connectivity index (χ0n) is 19.7. The maximum absolute atomic E-state index is 15.2. The minimum absolute atomic E-state index is 0.0607. The van der Waals surface area contributed by atoms with Crippen molar-refractivity contribution in [2.75, 3.05) is 38.7 Å². The van der Waals surface area contributed by atoms with Crippen LogP contribution in [0.2, 0.25) is 0 Å². The molecule has 3 aromatic heterocycles. The first kappa shape index (κ1) is 22.9. The van der Waals surface area contributed by atoms with Crippen LogP contribution in [0.15, 0.2) is 36.8 Å². The summed E-state index contributed by atoms with van der Waals surface area (Å²) in [5, 5.41) is 7.05. The molecule has 12 heteroatoms. The molecule has 2 fully saturated rings. The van der Waals surface area contributed by atoms with E-state index in [9.17, 15) is 0 Å². The number of hydrogen-bond donors (Lipinski definition) is 1. The Labute approximate surface area is 204 Å². The van der Waals surface area contributed by atoms with Crippen molar-refractivity contribution in [3.63, 3.8) is 0 Å². The number of anilines is 1. The van der Waals surface area contributed by atoms with Crippen molar-refractivity contribution in [2.45, 2.75) is 30.8 Å². The number of likely N-dealkylation sites (tertiary alicyclic amines) is 1. The summed E-state index contributed by atoms with van der Waals surface area (Å²) in [6.07, 6.45) is 4.51. The standard InChI is InChI=1S/C24H24F3N7O2/c1-23(12-36-13-23)33-8-5-18(24(26,27)11-33)30-22-31-21(35-2)20-19(15(25)10-34(20)32-22)14-3-4-16-17(9-14)29-7-6-28-16/h3-4,6-7,9-10,18H,5,8,11-13H2,1-2H3,(H,30,32)/t18-/m1/s1. The van der Waals surface area contributed by atoms with Crippen molar-refractivity contribution < 1.29 is 22.6 Å². The van der Waals surface area contributed by atoms with Crippen LogP contribution < -0.4 is 10.1 Å². The number of fused-ring (bicyclic) bond motifs is 2. The van der Waals surface area contributed by atoms with E-state index in [-0.39, 0.29) is 34.9 Å². The average molecular weight is 499 g/mol. The van der Waals surface area contributed by atoms with Gasteiger partial charge in [-0.15, -0.1) is 5.10 Å². The van der Waals surface area contributed by atoms with Gasteiger partial charge in [-0.05, 0) is 31.0 Å². The number of halogens is 3. The first-order chi connectivity index (χ1) is 17.3. The largest absolute Gasteiger partial charge is 0.479 e. The summed E-state index contributed by atoms with van der Waals surface area (Å²) < 4.78 is 57.3. The number of hydrogen-bond acceptors (Lipinski definition) is 8. The summed E-state index contributed by atoms with van der Waals surface area (Å²) in [4.78, 5) is 14.6. The quantitative estimate of drug-likeness (QED) is 0.447. The Kier molecular flexibility index (Phi) is 5.27. The van der Waals surface area contributed by atoms with Crippen LogP contribution in [0.25, 0.3) is 27.7 Å². The van der Waals surface area contributed by atoms with Gasteiger partial charge in [0.2, 0.25) is 11.8 Å². The highest BCUT2D eigenvalue weighted by Gasteiger charge is 2.51. The van der Waals surface area contributed by atoms with E-state index in [2.05, 4.69) is 25.4 Å². The Balaban J connectivity index is 1.33. The molecular weight excluding hydrogens is 475 g/mol. The normalized spacial score (nSPS) is 21.4. The lowest BCUT2D eigenvalue weighted by atomic mass is 9.91. The smallest absolute Gasteiger partial charge is 0.280 e. The molecular formula is C24H24F3N7O2. The van der Waals surface area contributed by atoms with Crippen LogP contribution >= 0.6 is 0 Å². The van der Waals surface area contributed by atoms with Gasteiger partial charge in [0.05, 0.1) is 61.2 Å². The summed E-state index contributed by atoms with van der Waals surface area (Å²) >= 11 is 0. The Morgan fingerprint density at radius 3 is 2.64 bits per heavy atom. The molecule has 1 N–H and O–H groups in total. The molecule has 2 aliphatic heterocycles. The minimum Gasteiger partial charge on any atom is -0.479 e. The van der Waals surface area contributed by atoms with Crippen molar-refractivity contribution in [3.05, 3.63) is 42.6 Å². The van der Waals surface area contributed by atoms with Crippen molar-refractivity contribution in [3.8, 4) is 17.0 Å².